The SMILES string of the molecule is CC/C=C\C/C=C\C/C=C\C/C=C\CCCCCCCCCOCC(COP(=O)([O-])OCC[N+](C)(C)C)OC(=O)CCCCCCCCCCC/C=C\C/C=C\CCCCC. The van der Waals surface area contributed by atoms with Crippen LogP contribution < -0.4 is 4.89 Å². The van der Waals surface area contributed by atoms with Crippen molar-refractivity contribution in [2.45, 2.75) is 200 Å². The maximum Gasteiger partial charge on any atom is 0.306 e. The van der Waals surface area contributed by atoms with Gasteiger partial charge < -0.3 is 27.9 Å². The van der Waals surface area contributed by atoms with Crippen molar-refractivity contribution in [3.63, 3.8) is 0 Å². The third kappa shape index (κ3) is 48.8. The molecule has 2 atom stereocenters. The van der Waals surface area contributed by atoms with E-state index < -0.39 is 13.9 Å². The summed E-state index contributed by atoms with van der Waals surface area (Å²) < 4.78 is 34.7. The van der Waals surface area contributed by atoms with Gasteiger partial charge in [-0.1, -0.05) is 177 Å². The number of hydrogen-bond acceptors (Lipinski definition) is 7. The number of quaternary nitrogens is 1. The van der Waals surface area contributed by atoms with Gasteiger partial charge in [0.25, 0.3) is 7.82 Å². The predicted molar refractivity (Wildman–Crippen MR) is 259 cm³/mol. The Morgan fingerprint density at radius 1 is 0.525 bits per heavy atom. The molecule has 0 heterocycles. The molecular weight excluding hydrogens is 782 g/mol. The molecule has 0 rings (SSSR count). The molecule has 0 saturated heterocycles. The number of carbonyl (C=O) groups excluding carboxylic acids is 1. The van der Waals surface area contributed by atoms with Crippen LogP contribution in [0.25, 0.3) is 0 Å². The fourth-order valence-corrected chi connectivity index (χ4v) is 7.18. The molecule has 0 saturated carbocycles. The number of unbranched alkanes of at least 4 members (excludes halogenated alkanes) is 19. The highest BCUT2D eigenvalue weighted by Gasteiger charge is 2.20. The third-order valence-corrected chi connectivity index (χ3v) is 11.2. The Morgan fingerprint density at radius 3 is 1.43 bits per heavy atom. The van der Waals surface area contributed by atoms with Gasteiger partial charge >= 0.3 is 5.97 Å². The standard InChI is InChI=1S/C52H94NO7P/c1-6-8-10-12-14-16-18-20-22-24-26-28-30-32-34-36-38-40-42-44-47-57-49-51(50-59-61(55,56)58-48-46-53(3,4)5)60-52(54)45-43-41-39-37-35-33-31-29-27-25-23-21-19-17-15-13-11-9-7-2/h8,10,14-17,20-23,26,28,51H,6-7,9,11-13,18-19,24-25,27,29-50H2,1-5H3/b10-8-,16-14-,17-15-,22-20-,23-21-,28-26-. The van der Waals surface area contributed by atoms with E-state index in [2.05, 4.69) is 86.8 Å². The minimum Gasteiger partial charge on any atom is -0.756 e. The molecule has 0 aromatic rings. The first-order valence-corrected chi connectivity index (χ1v) is 26.1. The monoisotopic (exact) mass is 876 g/mol. The molecular formula is C52H94NO7P. The van der Waals surface area contributed by atoms with Crippen LogP contribution in [0.4, 0.5) is 0 Å². The molecule has 8 nitrogen and oxygen atoms in total. The van der Waals surface area contributed by atoms with E-state index in [1.807, 2.05) is 21.1 Å². The number of nitrogens with zero attached hydrogens (tertiary/aromatic N) is 1. The number of likely N-dealkylation sites (N-methyl/N-ethyl adjacent to an activating group) is 1. The number of phosphoric acid groups is 1. The first kappa shape index (κ1) is 58.9. The average molecular weight is 876 g/mol. The van der Waals surface area contributed by atoms with Gasteiger partial charge in [-0.15, -0.1) is 0 Å². The first-order chi connectivity index (χ1) is 29.6. The van der Waals surface area contributed by atoms with E-state index in [0.29, 0.717) is 24.1 Å². The van der Waals surface area contributed by atoms with Crippen LogP contribution in [0.1, 0.15) is 194 Å². The van der Waals surface area contributed by atoms with Gasteiger partial charge in [0.15, 0.2) is 0 Å². The summed E-state index contributed by atoms with van der Waals surface area (Å²) in [7, 11) is 1.34. The Kier molecular flexibility index (Phi) is 43.0. The average Bonchev–Trinajstić information content (AvgIpc) is 3.22. The number of carbonyl (C=O) groups is 1. The Morgan fingerprint density at radius 2 is 0.951 bits per heavy atom. The van der Waals surface area contributed by atoms with Crippen LogP contribution in [-0.2, 0) is 27.9 Å². The minimum absolute atomic E-state index is 0.0195. The van der Waals surface area contributed by atoms with Gasteiger partial charge in [-0.3, -0.25) is 9.36 Å². The molecule has 0 aromatic heterocycles. The van der Waals surface area contributed by atoms with Crippen LogP contribution in [0.5, 0.6) is 0 Å². The lowest BCUT2D eigenvalue weighted by Gasteiger charge is -2.28. The van der Waals surface area contributed by atoms with E-state index in [1.165, 1.54) is 96.3 Å². The second kappa shape index (κ2) is 44.5. The molecule has 0 bridgehead atoms. The van der Waals surface area contributed by atoms with E-state index in [0.717, 1.165) is 77.0 Å². The minimum atomic E-state index is -4.54. The summed E-state index contributed by atoms with van der Waals surface area (Å²) in [5.41, 5.74) is 0. The van der Waals surface area contributed by atoms with Crippen LogP contribution in [-0.4, -0.2) is 70.7 Å². The predicted octanol–water partition coefficient (Wildman–Crippen LogP) is 14.4. The van der Waals surface area contributed by atoms with Crippen molar-refractivity contribution >= 4 is 13.8 Å². The smallest absolute Gasteiger partial charge is 0.306 e. The Balaban J connectivity index is 4.21. The van der Waals surface area contributed by atoms with Gasteiger partial charge in [-0.05, 0) is 83.5 Å². The summed E-state index contributed by atoms with van der Waals surface area (Å²) in [6.07, 6.45) is 57.7. The lowest BCUT2D eigenvalue weighted by Crippen LogP contribution is -2.37. The number of ether oxygens (including phenoxy) is 2. The molecule has 0 amide bonds. The van der Waals surface area contributed by atoms with E-state index >= 15 is 0 Å². The van der Waals surface area contributed by atoms with Crippen molar-refractivity contribution in [3.8, 4) is 0 Å². The zero-order valence-corrected chi connectivity index (χ0v) is 41.0. The molecule has 61 heavy (non-hydrogen) atoms. The summed E-state index contributed by atoms with van der Waals surface area (Å²) in [5, 5.41) is 0. The van der Waals surface area contributed by atoms with Crippen LogP contribution in [0.15, 0.2) is 72.9 Å². The Hall–Kier alpha value is -2.06. The van der Waals surface area contributed by atoms with Gasteiger partial charge in [0.2, 0.25) is 0 Å². The Bertz CT molecular complexity index is 1200. The molecule has 0 N–H and O–H groups in total. The highest BCUT2D eigenvalue weighted by Crippen LogP contribution is 2.38. The number of rotatable bonds is 45. The molecule has 0 aliphatic rings. The second-order valence-electron chi connectivity index (χ2n) is 17.4. The van der Waals surface area contributed by atoms with E-state index in [-0.39, 0.29) is 25.8 Å². The number of allylic oxidation sites excluding steroid dienone is 12. The number of esters is 1. The summed E-state index contributed by atoms with van der Waals surface area (Å²) in [6.45, 7) is 5.24. The summed E-state index contributed by atoms with van der Waals surface area (Å²) in [6, 6.07) is 0. The van der Waals surface area contributed by atoms with Crippen molar-refractivity contribution in [1.29, 1.82) is 0 Å². The highest BCUT2D eigenvalue weighted by molar-refractivity contribution is 7.45. The van der Waals surface area contributed by atoms with Crippen LogP contribution in [0, 0.1) is 0 Å². The molecule has 0 aliphatic carbocycles. The van der Waals surface area contributed by atoms with Crippen molar-refractivity contribution in [2.24, 2.45) is 0 Å². The summed E-state index contributed by atoms with van der Waals surface area (Å²) >= 11 is 0. The molecule has 0 aliphatic heterocycles. The molecule has 0 aromatic carbocycles. The largest absolute Gasteiger partial charge is 0.756 e. The third-order valence-electron chi connectivity index (χ3n) is 10.2. The molecule has 0 fully saturated rings. The maximum absolute atomic E-state index is 12.7. The fraction of sp³-hybridized carbons (Fsp3) is 0.750. The lowest BCUT2D eigenvalue weighted by molar-refractivity contribution is -0.870. The van der Waals surface area contributed by atoms with Crippen molar-refractivity contribution in [1.82, 2.24) is 0 Å². The second-order valence-corrected chi connectivity index (χ2v) is 18.8. The van der Waals surface area contributed by atoms with Crippen LogP contribution >= 0.6 is 7.82 Å². The maximum atomic E-state index is 12.7. The van der Waals surface area contributed by atoms with Gasteiger partial charge in [0.05, 0.1) is 34.4 Å². The topological polar surface area (TPSA) is 94.1 Å². The van der Waals surface area contributed by atoms with Gasteiger partial charge in [0, 0.05) is 13.0 Å². The van der Waals surface area contributed by atoms with Gasteiger partial charge in [-0.25, -0.2) is 0 Å². The normalized spacial score (nSPS) is 14.3. The van der Waals surface area contributed by atoms with E-state index in [4.69, 9.17) is 18.5 Å². The van der Waals surface area contributed by atoms with Crippen molar-refractivity contribution in [2.75, 3.05) is 54.1 Å². The number of hydrogen-bond donors (Lipinski definition) is 0. The Labute approximate surface area is 376 Å². The highest BCUT2D eigenvalue weighted by atomic mass is 31.2. The fourth-order valence-electron chi connectivity index (χ4n) is 6.45. The van der Waals surface area contributed by atoms with Crippen LogP contribution in [0.3, 0.4) is 0 Å². The van der Waals surface area contributed by atoms with Crippen molar-refractivity contribution < 1.29 is 37.3 Å². The van der Waals surface area contributed by atoms with E-state index in [1.54, 1.807) is 0 Å². The van der Waals surface area contributed by atoms with Crippen LogP contribution in [0.2, 0.25) is 0 Å². The lowest BCUT2D eigenvalue weighted by atomic mass is 10.1. The quantitative estimate of drug-likeness (QED) is 0.0198. The summed E-state index contributed by atoms with van der Waals surface area (Å²) in [5.74, 6) is -0.345. The van der Waals surface area contributed by atoms with E-state index in [9.17, 15) is 14.3 Å². The zero-order chi connectivity index (χ0) is 44.8. The van der Waals surface area contributed by atoms with Crippen molar-refractivity contribution in [3.05, 3.63) is 72.9 Å². The summed E-state index contributed by atoms with van der Waals surface area (Å²) in [4.78, 5) is 25.2. The molecule has 354 valence electrons. The molecule has 0 radical (unpaired) electrons. The van der Waals surface area contributed by atoms with Gasteiger partial charge in [0.1, 0.15) is 19.3 Å². The zero-order valence-electron chi connectivity index (χ0n) is 40.1. The molecule has 0 spiro atoms. The molecule has 9 heteroatoms. The molecule has 2 unspecified atom stereocenters. The van der Waals surface area contributed by atoms with Gasteiger partial charge in [-0.2, -0.15) is 0 Å². The first-order valence-electron chi connectivity index (χ1n) is 24.7. The number of phosphoric ester groups is 1.